The third-order valence-electron chi connectivity index (χ3n) is 2.30. The van der Waals surface area contributed by atoms with Crippen LogP contribution in [0.3, 0.4) is 0 Å². The Labute approximate surface area is 89.3 Å². The summed E-state index contributed by atoms with van der Waals surface area (Å²) in [6, 6.07) is 4.54. The summed E-state index contributed by atoms with van der Waals surface area (Å²) in [5.74, 6) is -0.232. The predicted molar refractivity (Wildman–Crippen MR) is 59.8 cm³/mol. The highest BCUT2D eigenvalue weighted by atomic mass is 16.3. The Morgan fingerprint density at radius 1 is 1.40 bits per heavy atom. The molecule has 1 amide bonds. The Balaban J connectivity index is 3.00. The fourth-order valence-corrected chi connectivity index (χ4v) is 1.41. The fraction of sp³-hybridized carbons (Fsp3) is 0.364. The number of anilines is 1. The molecule has 1 rings (SSSR count). The van der Waals surface area contributed by atoms with Crippen LogP contribution in [-0.4, -0.2) is 29.0 Å². The summed E-state index contributed by atoms with van der Waals surface area (Å²) in [5.41, 5.74) is 6.23. The molecule has 3 N–H and O–H groups in total. The molecule has 0 radical (unpaired) electrons. The monoisotopic (exact) mass is 208 g/mol. The molecule has 0 atom stereocenters. The summed E-state index contributed by atoms with van der Waals surface area (Å²) in [4.78, 5) is 13.5. The van der Waals surface area contributed by atoms with Gasteiger partial charge in [-0.1, -0.05) is 0 Å². The van der Waals surface area contributed by atoms with E-state index in [0.29, 0.717) is 24.3 Å². The van der Waals surface area contributed by atoms with Crippen molar-refractivity contribution >= 4 is 11.6 Å². The van der Waals surface area contributed by atoms with Gasteiger partial charge in [-0.05, 0) is 26.0 Å². The maximum atomic E-state index is 11.9. The molecule has 4 nitrogen and oxygen atoms in total. The van der Waals surface area contributed by atoms with E-state index < -0.39 is 0 Å². The van der Waals surface area contributed by atoms with Crippen molar-refractivity contribution in [2.24, 2.45) is 0 Å². The fourth-order valence-electron chi connectivity index (χ4n) is 1.41. The van der Waals surface area contributed by atoms with Crippen LogP contribution >= 0.6 is 0 Å². The molecule has 0 unspecified atom stereocenters. The van der Waals surface area contributed by atoms with Crippen molar-refractivity contribution < 1.29 is 9.90 Å². The van der Waals surface area contributed by atoms with Crippen LogP contribution in [0, 0.1) is 0 Å². The molecule has 0 aromatic heterocycles. The van der Waals surface area contributed by atoms with Gasteiger partial charge < -0.3 is 15.7 Å². The number of benzene rings is 1. The summed E-state index contributed by atoms with van der Waals surface area (Å²) < 4.78 is 0. The highest BCUT2D eigenvalue weighted by molar-refractivity contribution is 5.97. The lowest BCUT2D eigenvalue weighted by Gasteiger charge is -2.19. The molecule has 0 heterocycles. The lowest BCUT2D eigenvalue weighted by molar-refractivity contribution is 0.0770. The Kier molecular flexibility index (Phi) is 3.55. The molecule has 0 aliphatic heterocycles. The van der Waals surface area contributed by atoms with E-state index >= 15 is 0 Å². The normalized spacial score (nSPS) is 10.0. The van der Waals surface area contributed by atoms with E-state index in [4.69, 9.17) is 5.73 Å². The van der Waals surface area contributed by atoms with Gasteiger partial charge >= 0.3 is 0 Å². The number of amides is 1. The van der Waals surface area contributed by atoms with Gasteiger partial charge in [0.15, 0.2) is 0 Å². The first-order valence-electron chi connectivity index (χ1n) is 4.97. The molecule has 15 heavy (non-hydrogen) atoms. The SMILES string of the molecule is CCN(CC)C(=O)c1ccc(N)cc1O. The summed E-state index contributed by atoms with van der Waals surface area (Å²) in [5, 5.41) is 9.57. The van der Waals surface area contributed by atoms with Gasteiger partial charge in [-0.3, -0.25) is 4.79 Å². The average Bonchev–Trinajstić information content (AvgIpc) is 2.19. The Morgan fingerprint density at radius 2 is 2.00 bits per heavy atom. The number of aromatic hydroxyl groups is 1. The number of phenols is 1. The zero-order valence-electron chi connectivity index (χ0n) is 9.03. The van der Waals surface area contributed by atoms with Crippen LogP contribution in [0.4, 0.5) is 5.69 Å². The lowest BCUT2D eigenvalue weighted by Crippen LogP contribution is -2.30. The highest BCUT2D eigenvalue weighted by Crippen LogP contribution is 2.21. The van der Waals surface area contributed by atoms with Crippen LogP contribution in [0.25, 0.3) is 0 Å². The van der Waals surface area contributed by atoms with Crippen molar-refractivity contribution in [2.45, 2.75) is 13.8 Å². The first-order valence-corrected chi connectivity index (χ1v) is 4.97. The molecule has 82 valence electrons. The minimum absolute atomic E-state index is 0.0631. The number of carbonyl (C=O) groups excluding carboxylic acids is 1. The molecule has 0 fully saturated rings. The number of hydrogen-bond donors (Lipinski definition) is 2. The number of nitrogens with two attached hydrogens (primary N) is 1. The number of hydrogen-bond acceptors (Lipinski definition) is 3. The van der Waals surface area contributed by atoms with Crippen LogP contribution in [0.15, 0.2) is 18.2 Å². The van der Waals surface area contributed by atoms with Crippen molar-refractivity contribution in [1.82, 2.24) is 4.90 Å². The summed E-state index contributed by atoms with van der Waals surface area (Å²) >= 11 is 0. The van der Waals surface area contributed by atoms with E-state index in [1.54, 1.807) is 17.0 Å². The Bertz CT molecular complexity index is 360. The van der Waals surface area contributed by atoms with E-state index in [1.165, 1.54) is 6.07 Å². The minimum Gasteiger partial charge on any atom is -0.507 e. The van der Waals surface area contributed by atoms with Crippen LogP contribution in [-0.2, 0) is 0 Å². The molecule has 0 spiro atoms. The van der Waals surface area contributed by atoms with E-state index in [0.717, 1.165) is 0 Å². The molecule has 0 bridgehead atoms. The average molecular weight is 208 g/mol. The van der Waals surface area contributed by atoms with Crippen LogP contribution in [0.2, 0.25) is 0 Å². The van der Waals surface area contributed by atoms with Gasteiger partial charge in [-0.25, -0.2) is 0 Å². The maximum Gasteiger partial charge on any atom is 0.257 e. The number of nitrogen functional groups attached to an aromatic ring is 1. The first kappa shape index (κ1) is 11.4. The molecule has 1 aromatic carbocycles. The van der Waals surface area contributed by atoms with Gasteiger partial charge in [-0.2, -0.15) is 0 Å². The molecular weight excluding hydrogens is 192 g/mol. The largest absolute Gasteiger partial charge is 0.507 e. The molecule has 4 heteroatoms. The number of carbonyl (C=O) groups is 1. The zero-order chi connectivity index (χ0) is 11.4. The number of nitrogens with zero attached hydrogens (tertiary/aromatic N) is 1. The molecule has 0 saturated heterocycles. The van der Waals surface area contributed by atoms with Gasteiger partial charge in [0.1, 0.15) is 5.75 Å². The second-order valence-electron chi connectivity index (χ2n) is 3.25. The predicted octanol–water partition coefficient (Wildman–Crippen LogP) is 1.46. The molecular formula is C11H16N2O2. The topological polar surface area (TPSA) is 66.6 Å². The quantitative estimate of drug-likeness (QED) is 0.739. The van der Waals surface area contributed by atoms with Crippen molar-refractivity contribution in [3.8, 4) is 5.75 Å². The second kappa shape index (κ2) is 4.68. The zero-order valence-corrected chi connectivity index (χ0v) is 9.03. The molecule has 0 saturated carbocycles. The maximum absolute atomic E-state index is 11.9. The molecule has 0 aliphatic carbocycles. The standard InChI is InChI=1S/C11H16N2O2/c1-3-13(4-2)11(15)9-6-5-8(12)7-10(9)14/h5-7,14H,3-4,12H2,1-2H3. The van der Waals surface area contributed by atoms with Gasteiger partial charge in [0, 0.05) is 24.8 Å². The van der Waals surface area contributed by atoms with Gasteiger partial charge in [0.2, 0.25) is 0 Å². The molecule has 0 aliphatic rings. The number of phenolic OH excluding ortho intramolecular Hbond substituents is 1. The Hall–Kier alpha value is -1.71. The van der Waals surface area contributed by atoms with Gasteiger partial charge in [-0.15, -0.1) is 0 Å². The van der Waals surface area contributed by atoms with E-state index in [2.05, 4.69) is 0 Å². The van der Waals surface area contributed by atoms with Crippen LogP contribution in [0.1, 0.15) is 24.2 Å². The van der Waals surface area contributed by atoms with Crippen molar-refractivity contribution in [1.29, 1.82) is 0 Å². The van der Waals surface area contributed by atoms with E-state index in [1.807, 2.05) is 13.8 Å². The lowest BCUT2D eigenvalue weighted by atomic mass is 10.1. The third-order valence-corrected chi connectivity index (χ3v) is 2.30. The smallest absolute Gasteiger partial charge is 0.257 e. The van der Waals surface area contributed by atoms with E-state index in [-0.39, 0.29) is 11.7 Å². The highest BCUT2D eigenvalue weighted by Gasteiger charge is 2.15. The summed E-state index contributed by atoms with van der Waals surface area (Å²) in [6.07, 6.45) is 0. The van der Waals surface area contributed by atoms with Crippen molar-refractivity contribution in [2.75, 3.05) is 18.8 Å². The van der Waals surface area contributed by atoms with Gasteiger partial charge in [0.05, 0.1) is 5.56 Å². The van der Waals surface area contributed by atoms with Crippen LogP contribution < -0.4 is 5.73 Å². The summed E-state index contributed by atoms with van der Waals surface area (Å²) in [7, 11) is 0. The van der Waals surface area contributed by atoms with Crippen molar-refractivity contribution in [3.05, 3.63) is 23.8 Å². The Morgan fingerprint density at radius 3 is 2.47 bits per heavy atom. The molecule has 1 aromatic rings. The van der Waals surface area contributed by atoms with Crippen molar-refractivity contribution in [3.63, 3.8) is 0 Å². The first-order chi connectivity index (χ1) is 7.10. The minimum atomic E-state index is -0.169. The van der Waals surface area contributed by atoms with Gasteiger partial charge in [0.25, 0.3) is 5.91 Å². The van der Waals surface area contributed by atoms with Crippen LogP contribution in [0.5, 0.6) is 5.75 Å². The third kappa shape index (κ3) is 2.40. The number of rotatable bonds is 3. The van der Waals surface area contributed by atoms with E-state index in [9.17, 15) is 9.90 Å². The second-order valence-corrected chi connectivity index (χ2v) is 3.25. The summed E-state index contributed by atoms with van der Waals surface area (Å²) in [6.45, 7) is 5.05.